The molecule has 1 saturated heterocycles. The van der Waals surface area contributed by atoms with Crippen molar-refractivity contribution in [1.29, 1.82) is 0 Å². The zero-order valence-electron chi connectivity index (χ0n) is 9.34. The lowest BCUT2D eigenvalue weighted by Crippen LogP contribution is -2.40. The van der Waals surface area contributed by atoms with Crippen LogP contribution in [0.1, 0.15) is 40.0 Å². The molecule has 14 heavy (non-hydrogen) atoms. The molecule has 0 spiro atoms. The highest BCUT2D eigenvalue weighted by Crippen LogP contribution is 2.27. The molecule has 0 bridgehead atoms. The Kier molecular flexibility index (Phi) is 3.67. The first kappa shape index (κ1) is 11.7. The summed E-state index contributed by atoms with van der Waals surface area (Å²) in [6.45, 7) is 6.63. The van der Waals surface area contributed by atoms with Crippen molar-refractivity contribution < 1.29 is 9.90 Å². The van der Waals surface area contributed by atoms with Gasteiger partial charge in [0.15, 0.2) is 5.78 Å². The normalized spacial score (nSPS) is 28.0. The summed E-state index contributed by atoms with van der Waals surface area (Å²) in [7, 11) is 0. The van der Waals surface area contributed by atoms with E-state index in [2.05, 4.69) is 12.2 Å². The summed E-state index contributed by atoms with van der Waals surface area (Å²) < 4.78 is 0. The third-order valence-corrected chi connectivity index (χ3v) is 2.97. The molecular weight excluding hydrogens is 178 g/mol. The van der Waals surface area contributed by atoms with Crippen molar-refractivity contribution in [2.24, 2.45) is 5.41 Å². The zero-order chi connectivity index (χ0) is 10.8. The average molecular weight is 199 g/mol. The third-order valence-electron chi connectivity index (χ3n) is 2.97. The molecule has 1 fully saturated rings. The standard InChI is InChI=1S/C11H21NO2/c1-4-5-11(2,3)10(14)9-6-8(13)7-12-9/h8-9,12-13H,4-7H2,1-3H3. The molecule has 82 valence electrons. The summed E-state index contributed by atoms with van der Waals surface area (Å²) >= 11 is 0. The molecule has 2 N–H and O–H groups in total. The van der Waals surface area contributed by atoms with Crippen LogP contribution in [0.5, 0.6) is 0 Å². The Balaban J connectivity index is 2.56. The van der Waals surface area contributed by atoms with Crippen LogP contribution in [0.25, 0.3) is 0 Å². The molecule has 2 unspecified atom stereocenters. The number of carbonyl (C=O) groups is 1. The number of ketones is 1. The summed E-state index contributed by atoms with van der Waals surface area (Å²) in [4.78, 5) is 12.0. The van der Waals surface area contributed by atoms with Crippen LogP contribution in [0.15, 0.2) is 0 Å². The average Bonchev–Trinajstić information content (AvgIpc) is 2.50. The number of β-amino-alcohol motifs (C(OH)–C–C–N with tert-alkyl or cyclic N) is 1. The van der Waals surface area contributed by atoms with Gasteiger partial charge in [-0.05, 0) is 12.8 Å². The van der Waals surface area contributed by atoms with E-state index in [1.54, 1.807) is 0 Å². The van der Waals surface area contributed by atoms with Gasteiger partial charge in [-0.1, -0.05) is 27.2 Å². The highest BCUT2D eigenvalue weighted by atomic mass is 16.3. The topological polar surface area (TPSA) is 49.3 Å². The van der Waals surface area contributed by atoms with E-state index in [0.29, 0.717) is 13.0 Å². The summed E-state index contributed by atoms with van der Waals surface area (Å²) in [5, 5.41) is 12.4. The summed E-state index contributed by atoms with van der Waals surface area (Å²) in [6, 6.07) is -0.133. The number of hydrogen-bond donors (Lipinski definition) is 2. The van der Waals surface area contributed by atoms with Gasteiger partial charge in [0.1, 0.15) is 0 Å². The second-order valence-electron chi connectivity index (χ2n) is 4.85. The molecule has 0 aromatic heterocycles. The van der Waals surface area contributed by atoms with Crippen molar-refractivity contribution in [3.05, 3.63) is 0 Å². The van der Waals surface area contributed by atoms with Crippen LogP contribution in [-0.4, -0.2) is 29.6 Å². The predicted molar refractivity (Wildman–Crippen MR) is 56.1 cm³/mol. The molecular formula is C11H21NO2. The first-order chi connectivity index (χ1) is 6.47. The van der Waals surface area contributed by atoms with Gasteiger partial charge < -0.3 is 10.4 Å². The smallest absolute Gasteiger partial charge is 0.155 e. The highest BCUT2D eigenvalue weighted by Gasteiger charge is 2.36. The minimum atomic E-state index is -0.346. The number of carbonyl (C=O) groups excluding carboxylic acids is 1. The fourth-order valence-corrected chi connectivity index (χ4v) is 2.14. The van der Waals surface area contributed by atoms with Crippen molar-refractivity contribution in [3.8, 4) is 0 Å². The predicted octanol–water partition coefficient (Wildman–Crippen LogP) is 1.10. The van der Waals surface area contributed by atoms with E-state index in [-0.39, 0.29) is 23.3 Å². The molecule has 0 aliphatic carbocycles. The van der Waals surface area contributed by atoms with Crippen molar-refractivity contribution in [1.82, 2.24) is 5.32 Å². The second-order valence-corrected chi connectivity index (χ2v) is 4.85. The fraction of sp³-hybridized carbons (Fsp3) is 0.909. The molecule has 0 radical (unpaired) electrons. The highest BCUT2D eigenvalue weighted by molar-refractivity contribution is 5.89. The second kappa shape index (κ2) is 4.41. The molecule has 1 rings (SSSR count). The van der Waals surface area contributed by atoms with Crippen LogP contribution in [0.4, 0.5) is 0 Å². The van der Waals surface area contributed by atoms with E-state index >= 15 is 0 Å². The van der Waals surface area contributed by atoms with Gasteiger partial charge in [0.25, 0.3) is 0 Å². The van der Waals surface area contributed by atoms with Gasteiger partial charge in [0, 0.05) is 12.0 Å². The summed E-state index contributed by atoms with van der Waals surface area (Å²) in [5.74, 6) is 0.246. The van der Waals surface area contributed by atoms with Gasteiger partial charge in [-0.2, -0.15) is 0 Å². The van der Waals surface area contributed by atoms with Gasteiger partial charge in [0.05, 0.1) is 12.1 Å². The number of Topliss-reactive ketones (excluding diaryl/α,β-unsaturated/α-hetero) is 1. The van der Waals surface area contributed by atoms with E-state index in [4.69, 9.17) is 0 Å². The monoisotopic (exact) mass is 199 g/mol. The Morgan fingerprint density at radius 2 is 2.21 bits per heavy atom. The number of aliphatic hydroxyl groups is 1. The zero-order valence-corrected chi connectivity index (χ0v) is 9.34. The van der Waals surface area contributed by atoms with Crippen LogP contribution in [0.3, 0.4) is 0 Å². The molecule has 1 aliphatic rings. The van der Waals surface area contributed by atoms with E-state index in [1.807, 2.05) is 13.8 Å². The first-order valence-electron chi connectivity index (χ1n) is 5.43. The lowest BCUT2D eigenvalue weighted by atomic mass is 9.80. The van der Waals surface area contributed by atoms with Crippen molar-refractivity contribution >= 4 is 5.78 Å². The fourth-order valence-electron chi connectivity index (χ4n) is 2.14. The van der Waals surface area contributed by atoms with Gasteiger partial charge in [-0.3, -0.25) is 4.79 Å². The molecule has 2 atom stereocenters. The molecule has 3 nitrogen and oxygen atoms in total. The SMILES string of the molecule is CCCC(C)(C)C(=O)C1CC(O)CN1. The van der Waals surface area contributed by atoms with Gasteiger partial charge >= 0.3 is 0 Å². The summed E-state index contributed by atoms with van der Waals surface area (Å²) in [5.41, 5.74) is -0.253. The molecule has 3 heteroatoms. The molecule has 0 amide bonds. The quantitative estimate of drug-likeness (QED) is 0.713. The van der Waals surface area contributed by atoms with Gasteiger partial charge in [0.2, 0.25) is 0 Å². The van der Waals surface area contributed by atoms with E-state index in [9.17, 15) is 9.90 Å². The Bertz CT molecular complexity index is 213. The minimum Gasteiger partial charge on any atom is -0.392 e. The molecule has 0 aromatic rings. The lowest BCUT2D eigenvalue weighted by molar-refractivity contribution is -0.129. The van der Waals surface area contributed by atoms with Crippen LogP contribution in [-0.2, 0) is 4.79 Å². The number of hydrogen-bond acceptors (Lipinski definition) is 3. The van der Waals surface area contributed by atoms with Crippen LogP contribution >= 0.6 is 0 Å². The maximum absolute atomic E-state index is 12.0. The van der Waals surface area contributed by atoms with Crippen molar-refractivity contribution in [3.63, 3.8) is 0 Å². The van der Waals surface area contributed by atoms with Crippen LogP contribution in [0, 0.1) is 5.41 Å². The Morgan fingerprint density at radius 1 is 1.57 bits per heavy atom. The Morgan fingerprint density at radius 3 is 2.64 bits per heavy atom. The minimum absolute atomic E-state index is 0.133. The van der Waals surface area contributed by atoms with Crippen LogP contribution in [0.2, 0.25) is 0 Å². The number of aliphatic hydroxyl groups excluding tert-OH is 1. The lowest BCUT2D eigenvalue weighted by Gasteiger charge is -2.25. The summed E-state index contributed by atoms with van der Waals surface area (Å²) in [6.07, 6.45) is 2.17. The van der Waals surface area contributed by atoms with E-state index in [0.717, 1.165) is 12.8 Å². The largest absolute Gasteiger partial charge is 0.392 e. The van der Waals surface area contributed by atoms with E-state index in [1.165, 1.54) is 0 Å². The molecule has 1 heterocycles. The Hall–Kier alpha value is -0.410. The molecule has 0 saturated carbocycles. The third kappa shape index (κ3) is 2.55. The van der Waals surface area contributed by atoms with Gasteiger partial charge in [-0.15, -0.1) is 0 Å². The van der Waals surface area contributed by atoms with Crippen molar-refractivity contribution in [2.45, 2.75) is 52.2 Å². The maximum Gasteiger partial charge on any atom is 0.155 e. The van der Waals surface area contributed by atoms with Crippen molar-refractivity contribution in [2.75, 3.05) is 6.54 Å². The Labute approximate surface area is 85.9 Å². The van der Waals surface area contributed by atoms with Crippen LogP contribution < -0.4 is 5.32 Å². The molecule has 1 aliphatic heterocycles. The van der Waals surface area contributed by atoms with E-state index < -0.39 is 0 Å². The molecule has 0 aromatic carbocycles. The maximum atomic E-state index is 12.0. The van der Waals surface area contributed by atoms with Gasteiger partial charge in [-0.25, -0.2) is 0 Å². The number of rotatable bonds is 4. The first-order valence-corrected chi connectivity index (χ1v) is 5.43. The number of nitrogens with one attached hydrogen (secondary N) is 1.